The van der Waals surface area contributed by atoms with Crippen LogP contribution in [0.2, 0.25) is 0 Å². The van der Waals surface area contributed by atoms with Crippen LogP contribution in [0.25, 0.3) is 0 Å². The van der Waals surface area contributed by atoms with Gasteiger partial charge in [-0.25, -0.2) is 0 Å². The van der Waals surface area contributed by atoms with E-state index in [1.54, 1.807) is 0 Å². The molecule has 0 aliphatic heterocycles. The molecule has 0 radical (unpaired) electrons. The number of amides is 1. The molecule has 6 rings (SSSR count). The van der Waals surface area contributed by atoms with Crippen LogP contribution in [0.1, 0.15) is 67.0 Å². The van der Waals surface area contributed by atoms with Gasteiger partial charge in [-0.3, -0.25) is 9.89 Å². The van der Waals surface area contributed by atoms with Crippen molar-refractivity contribution in [1.82, 2.24) is 15.5 Å². The Morgan fingerprint density at radius 1 is 1.10 bits per heavy atom. The largest absolute Gasteiger partial charge is 0.347 e. The molecule has 4 heteroatoms. The number of carbonyl (C=O) groups is 1. The van der Waals surface area contributed by atoms with Crippen molar-refractivity contribution in [3.05, 3.63) is 17.5 Å². The first-order valence-electron chi connectivity index (χ1n) is 8.62. The van der Waals surface area contributed by atoms with Crippen molar-refractivity contribution in [2.45, 2.75) is 56.9 Å². The van der Waals surface area contributed by atoms with Crippen molar-refractivity contribution >= 4 is 5.91 Å². The average Bonchev–Trinajstić information content (AvgIpc) is 3.19. The molecule has 0 aromatic carbocycles. The fourth-order valence-corrected chi connectivity index (χ4v) is 5.44. The van der Waals surface area contributed by atoms with Gasteiger partial charge in [-0.1, -0.05) is 0 Å². The van der Waals surface area contributed by atoms with Gasteiger partial charge in [-0.15, -0.1) is 0 Å². The van der Waals surface area contributed by atoms with Crippen LogP contribution in [0.4, 0.5) is 0 Å². The van der Waals surface area contributed by atoms with E-state index in [2.05, 4.69) is 15.5 Å². The summed E-state index contributed by atoms with van der Waals surface area (Å²) in [5, 5.41) is 10.6. The van der Waals surface area contributed by atoms with Crippen molar-refractivity contribution in [2.75, 3.05) is 0 Å². The van der Waals surface area contributed by atoms with Gasteiger partial charge in [0.25, 0.3) is 5.91 Å². The van der Waals surface area contributed by atoms with Gasteiger partial charge in [-0.2, -0.15) is 5.10 Å². The number of aromatic nitrogens is 2. The summed E-state index contributed by atoms with van der Waals surface area (Å²) < 4.78 is 0. The van der Waals surface area contributed by atoms with Crippen LogP contribution in [-0.2, 0) is 0 Å². The smallest absolute Gasteiger partial charge is 0.272 e. The standard InChI is InChI=1S/C17H23N3O/c21-17(15-8-14(19-20-15)11-1-2-11)18-16-12-4-9-3-10(6-12)7-13(16)5-9/h8-13,16H,1-7H2,(H,18,21)(H,19,20). The molecule has 5 saturated carbocycles. The topological polar surface area (TPSA) is 57.8 Å². The van der Waals surface area contributed by atoms with E-state index < -0.39 is 0 Å². The Kier molecular flexibility index (Phi) is 2.53. The molecule has 1 aromatic rings. The molecule has 21 heavy (non-hydrogen) atoms. The number of nitrogens with zero attached hydrogens (tertiary/aromatic N) is 1. The van der Waals surface area contributed by atoms with Gasteiger partial charge < -0.3 is 5.32 Å². The van der Waals surface area contributed by atoms with Gasteiger partial charge >= 0.3 is 0 Å². The Morgan fingerprint density at radius 2 is 1.76 bits per heavy atom. The summed E-state index contributed by atoms with van der Waals surface area (Å²) in [6, 6.07) is 2.37. The van der Waals surface area contributed by atoms with Crippen LogP contribution in [-0.4, -0.2) is 22.1 Å². The van der Waals surface area contributed by atoms with Crippen LogP contribution in [0.5, 0.6) is 0 Å². The van der Waals surface area contributed by atoms with Gasteiger partial charge in [0.05, 0.1) is 0 Å². The second-order valence-corrected chi connectivity index (χ2v) is 7.91. The summed E-state index contributed by atoms with van der Waals surface area (Å²) in [5.41, 5.74) is 1.73. The molecular formula is C17H23N3O. The van der Waals surface area contributed by atoms with Gasteiger partial charge in [0.1, 0.15) is 5.69 Å². The summed E-state index contributed by atoms with van der Waals surface area (Å²) in [5.74, 6) is 4.02. The molecule has 1 heterocycles. The number of aromatic amines is 1. The van der Waals surface area contributed by atoms with E-state index in [9.17, 15) is 4.79 Å². The third kappa shape index (κ3) is 2.02. The van der Waals surface area contributed by atoms with Crippen molar-refractivity contribution in [3.63, 3.8) is 0 Å². The lowest BCUT2D eigenvalue weighted by Gasteiger charge is -2.54. The van der Waals surface area contributed by atoms with Crippen LogP contribution in [0.3, 0.4) is 0 Å². The normalized spacial score (nSPS) is 40.5. The predicted octanol–water partition coefficient (Wildman–Crippen LogP) is 2.84. The maximum Gasteiger partial charge on any atom is 0.272 e. The molecule has 0 unspecified atom stereocenters. The maximum atomic E-state index is 12.5. The highest BCUT2D eigenvalue weighted by atomic mass is 16.2. The minimum Gasteiger partial charge on any atom is -0.347 e. The molecule has 0 saturated heterocycles. The van der Waals surface area contributed by atoms with Crippen LogP contribution in [0.15, 0.2) is 6.07 Å². The Morgan fingerprint density at radius 3 is 2.38 bits per heavy atom. The highest BCUT2D eigenvalue weighted by molar-refractivity contribution is 5.92. The van der Waals surface area contributed by atoms with Crippen LogP contribution >= 0.6 is 0 Å². The number of nitrogens with one attached hydrogen (secondary N) is 2. The molecule has 0 atom stereocenters. The van der Waals surface area contributed by atoms with E-state index in [0.29, 0.717) is 17.7 Å². The number of hydrogen-bond acceptors (Lipinski definition) is 2. The van der Waals surface area contributed by atoms with E-state index in [1.807, 2.05) is 6.07 Å². The molecule has 1 aromatic heterocycles. The fourth-order valence-electron chi connectivity index (χ4n) is 5.44. The summed E-state index contributed by atoms with van der Waals surface area (Å²) in [4.78, 5) is 12.5. The lowest BCUT2D eigenvalue weighted by atomic mass is 9.54. The number of carbonyl (C=O) groups excluding carboxylic acids is 1. The molecular weight excluding hydrogens is 262 g/mol. The van der Waals surface area contributed by atoms with Crippen LogP contribution in [0, 0.1) is 23.7 Å². The molecule has 4 bridgehead atoms. The lowest BCUT2D eigenvalue weighted by Crippen LogP contribution is -2.55. The molecule has 2 N–H and O–H groups in total. The van der Waals surface area contributed by atoms with Crippen LogP contribution < -0.4 is 5.32 Å². The van der Waals surface area contributed by atoms with E-state index in [1.165, 1.54) is 44.9 Å². The van der Waals surface area contributed by atoms with Gasteiger partial charge in [0.15, 0.2) is 0 Å². The molecule has 5 fully saturated rings. The zero-order valence-electron chi connectivity index (χ0n) is 12.3. The SMILES string of the molecule is O=C(NC1C2CC3CC(C2)CC1C3)c1cc(C2CC2)[nH]n1. The van der Waals surface area contributed by atoms with Gasteiger partial charge in [0.2, 0.25) is 0 Å². The van der Waals surface area contributed by atoms with Gasteiger partial charge in [-0.05, 0) is 74.7 Å². The summed E-state index contributed by atoms with van der Waals surface area (Å²) in [7, 11) is 0. The summed E-state index contributed by atoms with van der Waals surface area (Å²) in [6.07, 6.45) is 9.28. The minimum atomic E-state index is 0.0376. The third-order valence-corrected chi connectivity index (χ3v) is 6.37. The number of hydrogen-bond donors (Lipinski definition) is 2. The van der Waals surface area contributed by atoms with E-state index in [0.717, 1.165) is 29.4 Å². The molecule has 5 aliphatic rings. The first kappa shape index (κ1) is 12.2. The molecule has 112 valence electrons. The number of H-pyrrole nitrogens is 1. The molecule has 5 aliphatic carbocycles. The van der Waals surface area contributed by atoms with Crippen molar-refractivity contribution < 1.29 is 4.79 Å². The zero-order chi connectivity index (χ0) is 14.0. The van der Waals surface area contributed by atoms with Crippen molar-refractivity contribution in [2.24, 2.45) is 23.7 Å². The Labute approximate surface area is 125 Å². The number of rotatable bonds is 3. The Bertz CT molecular complexity index is 546. The second-order valence-electron chi connectivity index (χ2n) is 7.91. The van der Waals surface area contributed by atoms with E-state index in [4.69, 9.17) is 0 Å². The highest BCUT2D eigenvalue weighted by Crippen LogP contribution is 2.53. The third-order valence-electron chi connectivity index (χ3n) is 6.37. The lowest BCUT2D eigenvalue weighted by molar-refractivity contribution is -0.0120. The molecule has 1 amide bonds. The van der Waals surface area contributed by atoms with Gasteiger partial charge in [0, 0.05) is 17.7 Å². The minimum absolute atomic E-state index is 0.0376. The first-order valence-corrected chi connectivity index (χ1v) is 8.62. The summed E-state index contributed by atoms with van der Waals surface area (Å²) >= 11 is 0. The van der Waals surface area contributed by atoms with E-state index in [-0.39, 0.29) is 5.91 Å². The summed E-state index contributed by atoms with van der Waals surface area (Å²) in [6.45, 7) is 0. The van der Waals surface area contributed by atoms with Crippen molar-refractivity contribution in [1.29, 1.82) is 0 Å². The molecule has 4 nitrogen and oxygen atoms in total. The quantitative estimate of drug-likeness (QED) is 0.897. The maximum absolute atomic E-state index is 12.5. The first-order chi connectivity index (χ1) is 10.3. The fraction of sp³-hybridized carbons (Fsp3) is 0.765. The zero-order valence-corrected chi connectivity index (χ0v) is 12.3. The monoisotopic (exact) mass is 285 g/mol. The Hall–Kier alpha value is -1.32. The second kappa shape index (κ2) is 4.34. The molecule has 0 spiro atoms. The predicted molar refractivity (Wildman–Crippen MR) is 78.9 cm³/mol. The Balaban J connectivity index is 1.31. The van der Waals surface area contributed by atoms with E-state index >= 15 is 0 Å². The highest BCUT2D eigenvalue weighted by Gasteiger charge is 2.48. The average molecular weight is 285 g/mol. The van der Waals surface area contributed by atoms with Crippen molar-refractivity contribution in [3.8, 4) is 0 Å².